The number of hydrogen-bond acceptors (Lipinski definition) is 9. The van der Waals surface area contributed by atoms with Gasteiger partial charge in [0.05, 0.1) is 29.1 Å². The van der Waals surface area contributed by atoms with Crippen molar-refractivity contribution in [3.63, 3.8) is 0 Å². The maximum atomic E-state index is 12.6. The van der Waals surface area contributed by atoms with Crippen molar-refractivity contribution in [2.24, 2.45) is 0 Å². The lowest BCUT2D eigenvalue weighted by Gasteiger charge is -2.39. The van der Waals surface area contributed by atoms with Crippen molar-refractivity contribution in [3.05, 3.63) is 41.6 Å². The average molecular weight is 493 g/mol. The summed E-state index contributed by atoms with van der Waals surface area (Å²) in [6.45, 7) is 3.30. The highest BCUT2D eigenvalue weighted by atomic mass is 16.5. The minimum Gasteiger partial charge on any atom is -0.482 e. The Labute approximate surface area is 208 Å². The lowest BCUT2D eigenvalue weighted by Crippen LogP contribution is -2.54. The van der Waals surface area contributed by atoms with Gasteiger partial charge in [0.25, 0.3) is 11.8 Å². The van der Waals surface area contributed by atoms with Gasteiger partial charge in [-0.05, 0) is 43.3 Å². The Bertz CT molecular complexity index is 1200. The van der Waals surface area contributed by atoms with Crippen LogP contribution in [0.5, 0.6) is 11.5 Å². The summed E-state index contributed by atoms with van der Waals surface area (Å²) < 4.78 is 16.7. The number of fused-ring (bicyclic) bond motifs is 2. The lowest BCUT2D eigenvalue weighted by atomic mass is 10.0. The first-order valence-electron chi connectivity index (χ1n) is 11.9. The van der Waals surface area contributed by atoms with Crippen LogP contribution >= 0.6 is 0 Å². The van der Waals surface area contributed by atoms with Gasteiger partial charge in [-0.25, -0.2) is 4.98 Å². The summed E-state index contributed by atoms with van der Waals surface area (Å²) in [6, 6.07) is 11.1. The zero-order valence-electron chi connectivity index (χ0n) is 20.0. The molecule has 1 saturated heterocycles. The number of nitrogens with one attached hydrogen (secondary N) is 2. The van der Waals surface area contributed by atoms with Gasteiger partial charge in [0.2, 0.25) is 0 Å². The van der Waals surface area contributed by atoms with Crippen LogP contribution in [0.4, 0.5) is 11.5 Å². The number of benzene rings is 1. The third-order valence-corrected chi connectivity index (χ3v) is 6.69. The van der Waals surface area contributed by atoms with Gasteiger partial charge in [0.1, 0.15) is 5.75 Å². The number of carbonyl (C=O) groups is 2. The molecule has 1 fully saturated rings. The van der Waals surface area contributed by atoms with E-state index in [1.807, 2.05) is 12.1 Å². The maximum absolute atomic E-state index is 12.6. The van der Waals surface area contributed by atoms with E-state index < -0.39 is 0 Å². The van der Waals surface area contributed by atoms with Gasteiger partial charge < -0.3 is 29.7 Å². The topological polar surface area (TPSA) is 129 Å². The Morgan fingerprint density at radius 1 is 1.19 bits per heavy atom. The minimum absolute atomic E-state index is 0.00186. The molecule has 4 heterocycles. The highest BCUT2D eigenvalue weighted by Crippen LogP contribution is 2.33. The van der Waals surface area contributed by atoms with Gasteiger partial charge in [-0.15, -0.1) is 0 Å². The summed E-state index contributed by atoms with van der Waals surface area (Å²) in [5.41, 5.74) is 1.94. The smallest absolute Gasteiger partial charge is 0.265 e. The first-order valence-corrected chi connectivity index (χ1v) is 11.9. The molecule has 3 aliphatic heterocycles. The number of rotatable bonds is 7. The van der Waals surface area contributed by atoms with Crippen LogP contribution in [-0.4, -0.2) is 80.3 Å². The molecule has 2 amide bonds. The number of carbonyl (C=O) groups excluding carboxylic acids is 2. The van der Waals surface area contributed by atoms with Crippen LogP contribution in [0.3, 0.4) is 0 Å². The van der Waals surface area contributed by atoms with E-state index >= 15 is 0 Å². The van der Waals surface area contributed by atoms with E-state index in [1.54, 1.807) is 30.2 Å². The molecule has 0 radical (unpaired) electrons. The highest BCUT2D eigenvalue weighted by Gasteiger charge is 2.31. The minimum atomic E-state index is -0.209. The molecule has 0 aliphatic carbocycles. The summed E-state index contributed by atoms with van der Waals surface area (Å²) in [6.07, 6.45) is 0.840. The molecule has 11 nitrogen and oxygen atoms in total. The second-order valence-electron chi connectivity index (χ2n) is 8.97. The Balaban J connectivity index is 1.16. The number of aromatic nitrogens is 1. The molecule has 11 heteroatoms. The molecule has 1 aromatic heterocycles. The van der Waals surface area contributed by atoms with Crippen molar-refractivity contribution in [1.82, 2.24) is 15.2 Å². The van der Waals surface area contributed by atoms with E-state index in [4.69, 9.17) is 14.2 Å². The molecule has 2 N–H and O–H groups in total. The van der Waals surface area contributed by atoms with Gasteiger partial charge in [0, 0.05) is 39.3 Å². The van der Waals surface area contributed by atoms with Crippen molar-refractivity contribution in [2.75, 3.05) is 56.7 Å². The number of pyridine rings is 1. The number of anilines is 2. The fourth-order valence-electron chi connectivity index (χ4n) is 4.75. The Hall–Kier alpha value is -3.72. The lowest BCUT2D eigenvalue weighted by molar-refractivity contribution is -0.121. The first kappa shape index (κ1) is 24.0. The van der Waals surface area contributed by atoms with Crippen LogP contribution < -0.4 is 25.0 Å². The van der Waals surface area contributed by atoms with Gasteiger partial charge in [-0.3, -0.25) is 14.5 Å². The van der Waals surface area contributed by atoms with Crippen LogP contribution in [0.2, 0.25) is 0 Å². The van der Waals surface area contributed by atoms with Crippen LogP contribution in [0, 0.1) is 11.3 Å². The van der Waals surface area contributed by atoms with Crippen LogP contribution in [0.25, 0.3) is 0 Å². The monoisotopic (exact) mass is 492 g/mol. The third kappa shape index (κ3) is 5.11. The summed E-state index contributed by atoms with van der Waals surface area (Å²) in [7, 11) is 1.71. The number of nitrogens with zero attached hydrogens (tertiary/aromatic N) is 4. The van der Waals surface area contributed by atoms with Gasteiger partial charge in [0.15, 0.2) is 24.8 Å². The second-order valence-corrected chi connectivity index (χ2v) is 8.97. The average Bonchev–Trinajstić information content (AvgIpc) is 2.90. The summed E-state index contributed by atoms with van der Waals surface area (Å²) in [4.78, 5) is 32.6. The molecule has 188 valence electrons. The van der Waals surface area contributed by atoms with E-state index in [9.17, 15) is 14.9 Å². The number of methoxy groups -OCH3 is 1. The number of piperidine rings is 1. The molecular formula is C25H28N6O5. The van der Waals surface area contributed by atoms with Crippen molar-refractivity contribution in [2.45, 2.75) is 25.1 Å². The Kier molecular flexibility index (Phi) is 6.99. The molecule has 5 rings (SSSR count). The maximum Gasteiger partial charge on any atom is 0.265 e. The molecule has 2 unspecified atom stereocenters. The number of ether oxygens (including phenoxy) is 3. The fraction of sp³-hybridized carbons (Fsp3) is 0.440. The summed E-state index contributed by atoms with van der Waals surface area (Å²) in [5, 5.41) is 15.5. The zero-order valence-corrected chi connectivity index (χ0v) is 20.0. The van der Waals surface area contributed by atoms with Gasteiger partial charge in [-0.2, -0.15) is 5.26 Å². The fourth-order valence-corrected chi connectivity index (χ4v) is 4.75. The molecule has 0 spiro atoms. The summed E-state index contributed by atoms with van der Waals surface area (Å²) >= 11 is 0. The van der Waals surface area contributed by atoms with Crippen molar-refractivity contribution in [1.29, 1.82) is 5.26 Å². The van der Waals surface area contributed by atoms with Gasteiger partial charge in [-0.1, -0.05) is 0 Å². The molecule has 36 heavy (non-hydrogen) atoms. The number of likely N-dealkylation sites (tertiary alicyclic amines) is 1. The number of nitriles is 1. The Morgan fingerprint density at radius 2 is 2.03 bits per heavy atom. The SMILES string of the molecule is COC1CN(CCN2C(=O)COc3ccc(C#N)cc32)CCC1NCc1ccc2c(n1)NC(=O)CO2. The van der Waals surface area contributed by atoms with E-state index in [-0.39, 0.29) is 37.2 Å². The zero-order chi connectivity index (χ0) is 25.1. The van der Waals surface area contributed by atoms with Crippen LogP contribution in [0.15, 0.2) is 30.3 Å². The molecule has 0 saturated carbocycles. The van der Waals surface area contributed by atoms with E-state index in [1.165, 1.54) is 0 Å². The van der Waals surface area contributed by atoms with E-state index in [2.05, 4.69) is 26.6 Å². The standard InChI is InChI=1S/C25H28N6O5/c1-34-22-13-30(8-9-31-19-10-16(11-26)2-4-20(19)36-15-24(31)33)7-6-18(22)27-12-17-3-5-21-25(28-17)29-23(32)14-35-21/h2-5,10,18,22,27H,6-9,12-15H2,1H3,(H,28,29,32). The number of amides is 2. The highest BCUT2D eigenvalue weighted by molar-refractivity contribution is 5.98. The van der Waals surface area contributed by atoms with Crippen molar-refractivity contribution >= 4 is 23.3 Å². The van der Waals surface area contributed by atoms with Crippen molar-refractivity contribution < 1.29 is 23.8 Å². The molecule has 1 aromatic carbocycles. The van der Waals surface area contributed by atoms with Crippen LogP contribution in [0.1, 0.15) is 17.7 Å². The van der Waals surface area contributed by atoms with E-state index in [0.29, 0.717) is 48.2 Å². The molecular weight excluding hydrogens is 464 g/mol. The third-order valence-electron chi connectivity index (χ3n) is 6.69. The Morgan fingerprint density at radius 3 is 2.86 bits per heavy atom. The van der Waals surface area contributed by atoms with Crippen LogP contribution in [-0.2, 0) is 20.9 Å². The molecule has 2 atom stereocenters. The normalized spacial score (nSPS) is 21.5. The van der Waals surface area contributed by atoms with Gasteiger partial charge >= 0.3 is 0 Å². The predicted octanol–water partition coefficient (Wildman–Crippen LogP) is 0.889. The van der Waals surface area contributed by atoms with E-state index in [0.717, 1.165) is 25.2 Å². The second kappa shape index (κ2) is 10.5. The summed E-state index contributed by atoms with van der Waals surface area (Å²) in [5.74, 6) is 1.32. The van der Waals surface area contributed by atoms with Crippen molar-refractivity contribution in [3.8, 4) is 17.6 Å². The molecule has 3 aliphatic rings. The largest absolute Gasteiger partial charge is 0.482 e. The first-order chi connectivity index (χ1) is 17.5. The number of hydrogen-bond donors (Lipinski definition) is 2. The quantitative estimate of drug-likeness (QED) is 0.579. The molecule has 0 bridgehead atoms. The molecule has 2 aromatic rings. The predicted molar refractivity (Wildman–Crippen MR) is 130 cm³/mol.